The van der Waals surface area contributed by atoms with Gasteiger partial charge in [0.05, 0.1) is 22.9 Å². The number of hydrogen-bond donors (Lipinski definition) is 1. The first-order valence-electron chi connectivity index (χ1n) is 10.7. The van der Waals surface area contributed by atoms with Gasteiger partial charge in [-0.1, -0.05) is 65.7 Å². The standard InChI is InChI=1S/C27H22Cl2N2O3/c1-2-33-26-14-18(16-30-31-27(32)20-11-12-23(28)24(29)15-20)10-13-25(26)34-17-21-8-5-7-19-6-3-4-9-22(19)21/h3-16H,2,17H2,1H3,(H,31,32)/b30-16-. The molecule has 0 radical (unpaired) electrons. The van der Waals surface area contributed by atoms with E-state index in [9.17, 15) is 4.79 Å². The maximum absolute atomic E-state index is 12.3. The van der Waals surface area contributed by atoms with E-state index in [1.165, 1.54) is 17.7 Å². The maximum atomic E-state index is 12.3. The number of ether oxygens (including phenoxy) is 2. The predicted octanol–water partition coefficient (Wildman–Crippen LogP) is 6.89. The van der Waals surface area contributed by atoms with Crippen molar-refractivity contribution in [1.82, 2.24) is 5.43 Å². The Morgan fingerprint density at radius 3 is 2.56 bits per heavy atom. The van der Waals surface area contributed by atoms with Crippen molar-refractivity contribution in [2.24, 2.45) is 5.10 Å². The summed E-state index contributed by atoms with van der Waals surface area (Å²) in [6.45, 7) is 2.81. The minimum Gasteiger partial charge on any atom is -0.490 e. The first-order valence-corrected chi connectivity index (χ1v) is 11.5. The summed E-state index contributed by atoms with van der Waals surface area (Å²) in [4.78, 5) is 12.3. The Morgan fingerprint density at radius 2 is 1.74 bits per heavy atom. The molecule has 1 amide bonds. The van der Waals surface area contributed by atoms with Crippen molar-refractivity contribution < 1.29 is 14.3 Å². The smallest absolute Gasteiger partial charge is 0.271 e. The van der Waals surface area contributed by atoms with Crippen molar-refractivity contribution in [1.29, 1.82) is 0 Å². The van der Waals surface area contributed by atoms with Crippen LogP contribution < -0.4 is 14.9 Å². The Hall–Kier alpha value is -3.54. The molecule has 7 heteroatoms. The minimum atomic E-state index is -0.394. The van der Waals surface area contributed by atoms with E-state index in [0.717, 1.165) is 16.5 Å². The lowest BCUT2D eigenvalue weighted by atomic mass is 10.1. The number of halogens is 2. The number of benzene rings is 4. The molecule has 0 heterocycles. The lowest BCUT2D eigenvalue weighted by Gasteiger charge is -2.13. The molecule has 5 nitrogen and oxygen atoms in total. The minimum absolute atomic E-state index is 0.304. The number of carbonyl (C=O) groups excluding carboxylic acids is 1. The maximum Gasteiger partial charge on any atom is 0.271 e. The molecule has 0 unspecified atom stereocenters. The van der Waals surface area contributed by atoms with Crippen molar-refractivity contribution >= 4 is 46.1 Å². The first kappa shape index (κ1) is 23.6. The zero-order valence-electron chi connectivity index (χ0n) is 18.4. The van der Waals surface area contributed by atoms with E-state index in [4.69, 9.17) is 32.7 Å². The third-order valence-corrected chi connectivity index (χ3v) is 5.83. The van der Waals surface area contributed by atoms with Crippen LogP contribution in [0.3, 0.4) is 0 Å². The van der Waals surface area contributed by atoms with Crippen LogP contribution >= 0.6 is 23.2 Å². The van der Waals surface area contributed by atoms with Gasteiger partial charge in [0.1, 0.15) is 6.61 Å². The monoisotopic (exact) mass is 492 g/mol. The molecular formula is C27H22Cl2N2O3. The third-order valence-electron chi connectivity index (χ3n) is 5.09. The van der Waals surface area contributed by atoms with Gasteiger partial charge in [0.15, 0.2) is 11.5 Å². The molecule has 1 N–H and O–H groups in total. The highest BCUT2D eigenvalue weighted by Crippen LogP contribution is 2.30. The Kier molecular flexibility index (Phi) is 7.68. The summed E-state index contributed by atoms with van der Waals surface area (Å²) < 4.78 is 11.9. The normalized spacial score (nSPS) is 11.0. The van der Waals surface area contributed by atoms with E-state index in [-0.39, 0.29) is 0 Å². The predicted molar refractivity (Wildman–Crippen MR) is 137 cm³/mol. The van der Waals surface area contributed by atoms with Crippen molar-refractivity contribution in [3.05, 3.63) is 106 Å². The van der Waals surface area contributed by atoms with Crippen molar-refractivity contribution in [2.75, 3.05) is 6.61 Å². The number of hydrazone groups is 1. The number of carbonyl (C=O) groups is 1. The van der Waals surface area contributed by atoms with Crippen LogP contribution in [0.25, 0.3) is 10.8 Å². The fourth-order valence-electron chi connectivity index (χ4n) is 3.43. The van der Waals surface area contributed by atoms with Crippen LogP contribution in [0.15, 0.2) is 84.0 Å². The molecule has 0 aliphatic rings. The fraction of sp³-hybridized carbons (Fsp3) is 0.111. The van der Waals surface area contributed by atoms with Crippen molar-refractivity contribution in [2.45, 2.75) is 13.5 Å². The molecule has 4 aromatic rings. The molecule has 4 rings (SSSR count). The molecule has 0 atom stereocenters. The number of rotatable bonds is 8. The van der Waals surface area contributed by atoms with Gasteiger partial charge < -0.3 is 9.47 Å². The Bertz CT molecular complexity index is 1350. The Balaban J connectivity index is 1.45. The van der Waals surface area contributed by atoms with Crippen molar-refractivity contribution in [3.8, 4) is 11.5 Å². The molecule has 0 saturated carbocycles. The topological polar surface area (TPSA) is 59.9 Å². The van der Waals surface area contributed by atoms with Gasteiger partial charge in [0.25, 0.3) is 5.91 Å². The molecule has 0 bridgehead atoms. The number of nitrogens with one attached hydrogen (secondary N) is 1. The Morgan fingerprint density at radius 1 is 0.912 bits per heavy atom. The van der Waals surface area contributed by atoms with Crippen LogP contribution in [-0.4, -0.2) is 18.7 Å². The van der Waals surface area contributed by atoms with E-state index < -0.39 is 5.91 Å². The van der Waals surface area contributed by atoms with E-state index in [0.29, 0.717) is 40.3 Å². The van der Waals surface area contributed by atoms with E-state index in [2.05, 4.69) is 34.8 Å². The number of hydrogen-bond acceptors (Lipinski definition) is 4. The van der Waals surface area contributed by atoms with Crippen LogP contribution in [0.2, 0.25) is 10.0 Å². The van der Waals surface area contributed by atoms with Gasteiger partial charge in [0.2, 0.25) is 0 Å². The second kappa shape index (κ2) is 11.1. The Labute approximate surface area is 207 Å². The largest absolute Gasteiger partial charge is 0.490 e. The van der Waals surface area contributed by atoms with Crippen LogP contribution in [0.5, 0.6) is 11.5 Å². The summed E-state index contributed by atoms with van der Waals surface area (Å²) in [5, 5.41) is 7.04. The molecule has 4 aromatic carbocycles. The van der Waals surface area contributed by atoms with E-state index >= 15 is 0 Å². The zero-order valence-corrected chi connectivity index (χ0v) is 19.9. The highest BCUT2D eigenvalue weighted by Gasteiger charge is 2.09. The third kappa shape index (κ3) is 5.68. The van der Waals surface area contributed by atoms with Gasteiger partial charge in [-0.2, -0.15) is 5.10 Å². The summed E-state index contributed by atoms with van der Waals surface area (Å²) in [6, 6.07) is 24.5. The summed E-state index contributed by atoms with van der Waals surface area (Å²) in [7, 11) is 0. The molecule has 172 valence electrons. The number of nitrogens with zero attached hydrogens (tertiary/aromatic N) is 1. The second-order valence-electron chi connectivity index (χ2n) is 7.39. The quantitative estimate of drug-likeness (QED) is 0.215. The molecule has 0 aliphatic heterocycles. The SMILES string of the molecule is CCOc1cc(/C=N\NC(=O)c2ccc(Cl)c(Cl)c2)ccc1OCc1cccc2ccccc12. The zero-order chi connectivity index (χ0) is 23.9. The first-order chi connectivity index (χ1) is 16.5. The number of fused-ring (bicyclic) bond motifs is 1. The van der Waals surface area contributed by atoms with Crippen LogP contribution in [0.4, 0.5) is 0 Å². The second-order valence-corrected chi connectivity index (χ2v) is 8.21. The van der Waals surface area contributed by atoms with Gasteiger partial charge in [-0.05, 0) is 65.2 Å². The number of amides is 1. The molecule has 0 saturated heterocycles. The fourth-order valence-corrected chi connectivity index (χ4v) is 3.73. The summed E-state index contributed by atoms with van der Waals surface area (Å²) in [5.41, 5.74) is 4.68. The van der Waals surface area contributed by atoms with Gasteiger partial charge in [-0.25, -0.2) is 5.43 Å². The van der Waals surface area contributed by atoms with Gasteiger partial charge in [-0.3, -0.25) is 4.79 Å². The highest BCUT2D eigenvalue weighted by molar-refractivity contribution is 6.42. The average Bonchev–Trinajstić information content (AvgIpc) is 2.85. The average molecular weight is 493 g/mol. The van der Waals surface area contributed by atoms with Crippen LogP contribution in [-0.2, 0) is 6.61 Å². The lowest BCUT2D eigenvalue weighted by molar-refractivity contribution is 0.0955. The van der Waals surface area contributed by atoms with Crippen molar-refractivity contribution in [3.63, 3.8) is 0 Å². The molecule has 0 aliphatic carbocycles. The van der Waals surface area contributed by atoms with Gasteiger partial charge in [0, 0.05) is 5.56 Å². The van der Waals surface area contributed by atoms with Crippen LogP contribution in [0, 0.1) is 0 Å². The summed E-state index contributed by atoms with van der Waals surface area (Å²) >= 11 is 11.9. The molecular weight excluding hydrogens is 471 g/mol. The summed E-state index contributed by atoms with van der Waals surface area (Å²) in [6.07, 6.45) is 1.53. The van der Waals surface area contributed by atoms with Crippen LogP contribution in [0.1, 0.15) is 28.4 Å². The molecule has 34 heavy (non-hydrogen) atoms. The lowest BCUT2D eigenvalue weighted by Crippen LogP contribution is -2.17. The molecule has 0 aromatic heterocycles. The van der Waals surface area contributed by atoms with Gasteiger partial charge in [-0.15, -0.1) is 0 Å². The highest BCUT2D eigenvalue weighted by atomic mass is 35.5. The molecule has 0 spiro atoms. The van der Waals surface area contributed by atoms with E-state index in [1.807, 2.05) is 43.3 Å². The van der Waals surface area contributed by atoms with E-state index in [1.54, 1.807) is 12.1 Å². The van der Waals surface area contributed by atoms with Gasteiger partial charge >= 0.3 is 0 Å². The molecule has 0 fully saturated rings. The summed E-state index contributed by atoms with van der Waals surface area (Å²) in [5.74, 6) is 0.837.